The molecule has 0 radical (unpaired) electrons. The van der Waals surface area contributed by atoms with Gasteiger partial charge in [0, 0.05) is 5.02 Å². The normalized spacial score (nSPS) is 10.5. The predicted octanol–water partition coefficient (Wildman–Crippen LogP) is 3.15. The van der Waals surface area contributed by atoms with Gasteiger partial charge in [-0.15, -0.1) is 11.3 Å². The van der Waals surface area contributed by atoms with E-state index in [2.05, 4.69) is 15.5 Å². The summed E-state index contributed by atoms with van der Waals surface area (Å²) < 4.78 is 10.4. The van der Waals surface area contributed by atoms with Crippen LogP contribution in [0.1, 0.15) is 5.89 Å². The summed E-state index contributed by atoms with van der Waals surface area (Å²) in [6.45, 7) is 0.0503. The lowest BCUT2D eigenvalue weighted by Gasteiger charge is -2.05. The van der Waals surface area contributed by atoms with Crippen LogP contribution >= 0.6 is 22.9 Å². The van der Waals surface area contributed by atoms with E-state index in [1.165, 1.54) is 11.3 Å². The van der Waals surface area contributed by atoms with Crippen molar-refractivity contribution in [2.45, 2.75) is 6.54 Å². The third-order valence-electron chi connectivity index (χ3n) is 2.83. The molecule has 3 rings (SSSR count). The van der Waals surface area contributed by atoms with Crippen molar-refractivity contribution in [3.05, 3.63) is 52.7 Å². The number of amides is 1. The molecule has 118 valence electrons. The van der Waals surface area contributed by atoms with Crippen molar-refractivity contribution in [1.29, 1.82) is 0 Å². The molecular formula is C15H12ClN3O3S. The second kappa shape index (κ2) is 7.26. The Morgan fingerprint density at radius 2 is 2.13 bits per heavy atom. The molecule has 23 heavy (non-hydrogen) atoms. The van der Waals surface area contributed by atoms with Gasteiger partial charge in [0.15, 0.2) is 6.61 Å². The van der Waals surface area contributed by atoms with Crippen LogP contribution in [0.25, 0.3) is 10.7 Å². The molecule has 0 unspecified atom stereocenters. The zero-order chi connectivity index (χ0) is 16.1. The zero-order valence-corrected chi connectivity index (χ0v) is 13.4. The van der Waals surface area contributed by atoms with Crippen molar-refractivity contribution in [2.75, 3.05) is 6.61 Å². The van der Waals surface area contributed by atoms with Crippen LogP contribution in [-0.2, 0) is 11.3 Å². The molecule has 3 aromatic rings. The standard InChI is InChI=1S/C15H12ClN3O3S/c16-10-3-5-11(6-4-10)21-9-13(20)17-8-14-18-15(19-22-14)12-2-1-7-23-12/h1-7H,8-9H2,(H,17,20). The largest absolute Gasteiger partial charge is 0.484 e. The molecule has 1 amide bonds. The van der Waals surface area contributed by atoms with E-state index in [0.29, 0.717) is 22.5 Å². The van der Waals surface area contributed by atoms with Crippen LogP contribution in [0.4, 0.5) is 0 Å². The van der Waals surface area contributed by atoms with E-state index in [-0.39, 0.29) is 19.1 Å². The summed E-state index contributed by atoms with van der Waals surface area (Å²) in [5.74, 6) is 1.15. The van der Waals surface area contributed by atoms with Gasteiger partial charge in [-0.25, -0.2) is 0 Å². The summed E-state index contributed by atoms with van der Waals surface area (Å²) >= 11 is 7.29. The Morgan fingerprint density at radius 3 is 2.87 bits per heavy atom. The highest BCUT2D eigenvalue weighted by Crippen LogP contribution is 2.21. The first-order valence-corrected chi connectivity index (χ1v) is 7.98. The van der Waals surface area contributed by atoms with Crippen LogP contribution in [0.15, 0.2) is 46.3 Å². The molecule has 0 bridgehead atoms. The highest BCUT2D eigenvalue weighted by molar-refractivity contribution is 7.13. The Morgan fingerprint density at radius 1 is 1.30 bits per heavy atom. The first-order valence-electron chi connectivity index (χ1n) is 6.72. The average molecular weight is 350 g/mol. The Labute approximate surface area is 141 Å². The number of thiophene rings is 1. The van der Waals surface area contributed by atoms with Crippen molar-refractivity contribution in [3.8, 4) is 16.5 Å². The van der Waals surface area contributed by atoms with Crippen molar-refractivity contribution in [1.82, 2.24) is 15.5 Å². The zero-order valence-electron chi connectivity index (χ0n) is 11.9. The number of hydrogen-bond acceptors (Lipinski definition) is 6. The van der Waals surface area contributed by atoms with Crippen LogP contribution in [0, 0.1) is 0 Å². The lowest BCUT2D eigenvalue weighted by atomic mass is 10.3. The first kappa shape index (κ1) is 15.5. The van der Waals surface area contributed by atoms with E-state index in [0.717, 1.165) is 4.88 Å². The highest BCUT2D eigenvalue weighted by atomic mass is 35.5. The quantitative estimate of drug-likeness (QED) is 0.739. The number of carbonyl (C=O) groups is 1. The van der Waals surface area contributed by atoms with Gasteiger partial charge in [0.05, 0.1) is 11.4 Å². The highest BCUT2D eigenvalue weighted by Gasteiger charge is 2.10. The molecule has 1 N–H and O–H groups in total. The third-order valence-corrected chi connectivity index (χ3v) is 3.95. The number of benzene rings is 1. The fraction of sp³-hybridized carbons (Fsp3) is 0.133. The van der Waals surface area contributed by atoms with Crippen LogP contribution < -0.4 is 10.1 Å². The third kappa shape index (κ3) is 4.30. The molecule has 0 spiro atoms. The van der Waals surface area contributed by atoms with E-state index in [9.17, 15) is 4.79 Å². The number of hydrogen-bond donors (Lipinski definition) is 1. The topological polar surface area (TPSA) is 77.2 Å². The van der Waals surface area contributed by atoms with E-state index in [4.69, 9.17) is 20.9 Å². The minimum absolute atomic E-state index is 0.104. The molecule has 0 saturated carbocycles. The molecule has 1 aromatic carbocycles. The summed E-state index contributed by atoms with van der Waals surface area (Å²) in [5, 5.41) is 9.07. The average Bonchev–Trinajstić information content (AvgIpc) is 3.23. The number of carbonyl (C=O) groups excluding carboxylic acids is 1. The first-order chi connectivity index (χ1) is 11.2. The molecule has 2 heterocycles. The fourth-order valence-corrected chi connectivity index (χ4v) is 2.51. The Kier molecular flexibility index (Phi) is 4.89. The van der Waals surface area contributed by atoms with E-state index in [1.807, 2.05) is 17.5 Å². The Bertz CT molecular complexity index is 772. The smallest absolute Gasteiger partial charge is 0.258 e. The van der Waals surface area contributed by atoms with Gasteiger partial charge in [0.1, 0.15) is 5.75 Å². The van der Waals surface area contributed by atoms with Gasteiger partial charge in [0.2, 0.25) is 11.7 Å². The summed E-state index contributed by atoms with van der Waals surface area (Å²) in [6.07, 6.45) is 0. The molecule has 0 aliphatic rings. The summed E-state index contributed by atoms with van der Waals surface area (Å²) in [4.78, 5) is 16.9. The second-order valence-corrected chi connectivity index (χ2v) is 5.89. The van der Waals surface area contributed by atoms with Crippen LogP contribution in [0.5, 0.6) is 5.75 Å². The van der Waals surface area contributed by atoms with E-state index in [1.54, 1.807) is 24.3 Å². The SMILES string of the molecule is O=C(COc1ccc(Cl)cc1)NCc1nc(-c2cccs2)no1. The number of ether oxygens (including phenoxy) is 1. The summed E-state index contributed by atoms with van der Waals surface area (Å²) in [5.41, 5.74) is 0. The molecule has 2 aromatic heterocycles. The molecule has 0 saturated heterocycles. The maximum atomic E-state index is 11.7. The van der Waals surface area contributed by atoms with Gasteiger partial charge in [-0.05, 0) is 35.7 Å². The molecule has 0 fully saturated rings. The maximum Gasteiger partial charge on any atom is 0.258 e. The van der Waals surface area contributed by atoms with Crippen molar-refractivity contribution in [3.63, 3.8) is 0 Å². The summed E-state index contributed by atoms with van der Waals surface area (Å²) in [7, 11) is 0. The van der Waals surface area contributed by atoms with Gasteiger partial charge in [-0.3, -0.25) is 4.79 Å². The van der Waals surface area contributed by atoms with Crippen molar-refractivity contribution in [2.24, 2.45) is 0 Å². The lowest BCUT2D eigenvalue weighted by Crippen LogP contribution is -2.28. The van der Waals surface area contributed by atoms with Crippen LogP contribution in [0.2, 0.25) is 5.02 Å². The Hall–Kier alpha value is -2.38. The monoisotopic (exact) mass is 349 g/mol. The number of aromatic nitrogens is 2. The molecule has 8 heteroatoms. The minimum atomic E-state index is -0.282. The molecule has 0 atom stereocenters. The summed E-state index contributed by atoms with van der Waals surface area (Å²) in [6, 6.07) is 10.6. The van der Waals surface area contributed by atoms with Gasteiger partial charge >= 0.3 is 0 Å². The number of nitrogens with one attached hydrogen (secondary N) is 1. The van der Waals surface area contributed by atoms with E-state index < -0.39 is 0 Å². The van der Waals surface area contributed by atoms with Crippen LogP contribution in [0.3, 0.4) is 0 Å². The minimum Gasteiger partial charge on any atom is -0.484 e. The maximum absolute atomic E-state index is 11.7. The molecule has 0 aliphatic carbocycles. The van der Waals surface area contributed by atoms with Crippen molar-refractivity contribution < 1.29 is 14.1 Å². The molecular weight excluding hydrogens is 338 g/mol. The van der Waals surface area contributed by atoms with Gasteiger partial charge in [0.25, 0.3) is 5.91 Å². The van der Waals surface area contributed by atoms with Crippen molar-refractivity contribution >= 4 is 28.8 Å². The van der Waals surface area contributed by atoms with E-state index >= 15 is 0 Å². The molecule has 6 nitrogen and oxygen atoms in total. The predicted molar refractivity (Wildman–Crippen MR) is 86.4 cm³/mol. The molecule has 0 aliphatic heterocycles. The van der Waals surface area contributed by atoms with Gasteiger partial charge < -0.3 is 14.6 Å². The second-order valence-electron chi connectivity index (χ2n) is 4.51. The van der Waals surface area contributed by atoms with Gasteiger partial charge in [-0.2, -0.15) is 4.98 Å². The van der Waals surface area contributed by atoms with Crippen LogP contribution in [-0.4, -0.2) is 22.7 Å². The number of rotatable bonds is 6. The Balaban J connectivity index is 1.46. The lowest BCUT2D eigenvalue weighted by molar-refractivity contribution is -0.123. The fourth-order valence-electron chi connectivity index (χ4n) is 1.74. The number of halogens is 1. The van der Waals surface area contributed by atoms with Gasteiger partial charge in [-0.1, -0.05) is 22.8 Å². The number of nitrogens with zero attached hydrogens (tertiary/aromatic N) is 2.